The summed E-state index contributed by atoms with van der Waals surface area (Å²) >= 11 is 1.29. The topological polar surface area (TPSA) is 66.8 Å². The zero-order valence-corrected chi connectivity index (χ0v) is 18.9. The molecule has 0 radical (unpaired) electrons. The van der Waals surface area contributed by atoms with E-state index in [0.717, 1.165) is 10.4 Å². The quantitative estimate of drug-likeness (QED) is 0.442. The lowest BCUT2D eigenvalue weighted by atomic mass is 9.94. The van der Waals surface area contributed by atoms with Gasteiger partial charge >= 0.3 is 11.9 Å². The molecule has 1 unspecified atom stereocenters. The number of carbonyl (C=O) groups excluding carboxylic acids is 2. The van der Waals surface area contributed by atoms with E-state index in [1.165, 1.54) is 35.5 Å². The van der Waals surface area contributed by atoms with Crippen molar-refractivity contribution in [1.29, 1.82) is 0 Å². The summed E-state index contributed by atoms with van der Waals surface area (Å²) in [6, 6.07) is 12.1. The molecule has 1 fully saturated rings. The van der Waals surface area contributed by atoms with Gasteiger partial charge in [-0.3, -0.25) is 4.79 Å². The number of likely N-dealkylation sites (tertiary alicyclic amines) is 1. The van der Waals surface area contributed by atoms with E-state index in [4.69, 9.17) is 0 Å². The van der Waals surface area contributed by atoms with Crippen molar-refractivity contribution in [2.45, 2.75) is 50.2 Å². The summed E-state index contributed by atoms with van der Waals surface area (Å²) in [7, 11) is 1.31. The molecule has 5 nitrogen and oxygen atoms in total. The van der Waals surface area contributed by atoms with Crippen LogP contribution < -0.4 is 0 Å². The van der Waals surface area contributed by atoms with E-state index < -0.39 is 36.4 Å². The predicted octanol–water partition coefficient (Wildman–Crippen LogP) is 4.42. The van der Waals surface area contributed by atoms with E-state index in [0.29, 0.717) is 17.7 Å². The highest BCUT2D eigenvalue weighted by molar-refractivity contribution is 7.13. The van der Waals surface area contributed by atoms with Crippen LogP contribution >= 0.6 is 11.3 Å². The second-order valence-corrected chi connectivity index (χ2v) is 9.08. The summed E-state index contributed by atoms with van der Waals surface area (Å²) in [6.45, 7) is 2.03. The Balaban J connectivity index is 1.61. The van der Waals surface area contributed by atoms with Gasteiger partial charge in [0.05, 0.1) is 19.3 Å². The summed E-state index contributed by atoms with van der Waals surface area (Å²) < 4.78 is 32.9. The van der Waals surface area contributed by atoms with Crippen LogP contribution in [0.4, 0.5) is 8.78 Å². The molecule has 2 aromatic rings. The molecule has 3 atom stereocenters. The number of thiophene rings is 1. The van der Waals surface area contributed by atoms with E-state index >= 15 is 0 Å². The number of rotatable bonds is 9. The molecule has 1 saturated heterocycles. The lowest BCUT2D eigenvalue weighted by Crippen LogP contribution is -2.36. The summed E-state index contributed by atoms with van der Waals surface area (Å²) in [6.07, 6.45) is 2.61. The third kappa shape index (κ3) is 5.61. The number of aliphatic hydroxyl groups is 1. The number of alkyl halides is 2. The molecule has 172 valence electrons. The average molecular weight is 464 g/mol. The number of hydrogen-bond donors (Lipinski definition) is 1. The molecule has 1 aliphatic heterocycles. The third-order valence-corrected chi connectivity index (χ3v) is 6.80. The van der Waals surface area contributed by atoms with Crippen molar-refractivity contribution in [3.05, 3.63) is 69.9 Å². The number of carbonyl (C=O) groups is 2. The van der Waals surface area contributed by atoms with Crippen molar-refractivity contribution in [3.8, 4) is 0 Å². The predicted molar refractivity (Wildman–Crippen MR) is 119 cm³/mol. The minimum absolute atomic E-state index is 0.166. The number of hydrogen-bond acceptors (Lipinski definition) is 5. The molecular formula is C24H27F2NO4S. The van der Waals surface area contributed by atoms with Crippen LogP contribution in [0.25, 0.3) is 0 Å². The molecule has 1 N–H and O–H groups in total. The van der Waals surface area contributed by atoms with Gasteiger partial charge in [0.15, 0.2) is 0 Å². The molecule has 0 bridgehead atoms. The van der Waals surface area contributed by atoms with Crippen LogP contribution in [0.3, 0.4) is 0 Å². The molecule has 32 heavy (non-hydrogen) atoms. The first kappa shape index (κ1) is 24.1. The first-order valence-corrected chi connectivity index (χ1v) is 11.3. The second kappa shape index (κ2) is 10.4. The van der Waals surface area contributed by atoms with Gasteiger partial charge in [0.1, 0.15) is 4.88 Å². The number of benzene rings is 1. The molecule has 3 rings (SSSR count). The summed E-state index contributed by atoms with van der Waals surface area (Å²) in [4.78, 5) is 26.4. The van der Waals surface area contributed by atoms with Crippen molar-refractivity contribution in [2.75, 3.05) is 13.7 Å². The molecule has 1 amide bonds. The van der Waals surface area contributed by atoms with Gasteiger partial charge in [-0.2, -0.15) is 8.78 Å². The van der Waals surface area contributed by atoms with E-state index in [1.807, 2.05) is 37.3 Å². The SMILES string of the molecule is COC(=O)c1ccc(CCCN2C(=O)C(F)(F)C[C@@H]2C=CC(O)[C@@H](C)c2ccccc2)s1. The Morgan fingerprint density at radius 2 is 2.03 bits per heavy atom. The van der Waals surface area contributed by atoms with Crippen molar-refractivity contribution in [1.82, 2.24) is 4.90 Å². The van der Waals surface area contributed by atoms with Gasteiger partial charge in [-0.05, 0) is 30.5 Å². The first-order chi connectivity index (χ1) is 15.2. The van der Waals surface area contributed by atoms with Crippen LogP contribution in [-0.2, 0) is 16.0 Å². The number of aryl methyl sites for hydroxylation is 1. The van der Waals surface area contributed by atoms with Gasteiger partial charge in [-0.1, -0.05) is 49.4 Å². The van der Waals surface area contributed by atoms with Gasteiger partial charge in [-0.15, -0.1) is 11.3 Å². The normalized spacial score (nSPS) is 20.0. The smallest absolute Gasteiger partial charge is 0.348 e. The Hall–Kier alpha value is -2.58. The van der Waals surface area contributed by atoms with E-state index in [1.54, 1.807) is 12.1 Å². The van der Waals surface area contributed by atoms with Crippen molar-refractivity contribution in [3.63, 3.8) is 0 Å². The fourth-order valence-electron chi connectivity index (χ4n) is 3.77. The largest absolute Gasteiger partial charge is 0.465 e. The molecular weight excluding hydrogens is 436 g/mol. The maximum absolute atomic E-state index is 14.1. The molecule has 1 aromatic carbocycles. The highest BCUT2D eigenvalue weighted by Gasteiger charge is 2.52. The number of esters is 1. The van der Waals surface area contributed by atoms with Gasteiger partial charge in [0.2, 0.25) is 0 Å². The Kier molecular flexibility index (Phi) is 7.79. The van der Waals surface area contributed by atoms with Gasteiger partial charge in [-0.25, -0.2) is 4.79 Å². The number of amides is 1. The second-order valence-electron chi connectivity index (χ2n) is 7.91. The molecule has 0 spiro atoms. The van der Waals surface area contributed by atoms with Gasteiger partial charge in [0, 0.05) is 23.8 Å². The van der Waals surface area contributed by atoms with Crippen molar-refractivity contribution < 1.29 is 28.2 Å². The highest BCUT2D eigenvalue weighted by atomic mass is 32.1. The molecule has 8 heteroatoms. The van der Waals surface area contributed by atoms with Crippen LogP contribution in [0.1, 0.15) is 45.8 Å². The number of halogens is 2. The van der Waals surface area contributed by atoms with Crippen LogP contribution in [-0.4, -0.2) is 53.6 Å². The maximum Gasteiger partial charge on any atom is 0.348 e. The standard InChI is InChI=1S/C24H27F2NO4S/c1-16(17-7-4-3-5-8-17)20(28)12-10-18-15-24(25,26)23(30)27(18)14-6-9-19-11-13-21(32-19)22(29)31-2/h3-5,7-8,10-13,16,18,20,28H,6,9,14-15H2,1-2H3/t16-,18-,20?/m0/s1. The maximum atomic E-state index is 14.1. The highest BCUT2D eigenvalue weighted by Crippen LogP contribution is 2.35. The number of aliphatic hydroxyl groups excluding tert-OH is 1. The lowest BCUT2D eigenvalue weighted by Gasteiger charge is -2.22. The van der Waals surface area contributed by atoms with Crippen LogP contribution in [0.2, 0.25) is 0 Å². The minimum Gasteiger partial charge on any atom is -0.465 e. The minimum atomic E-state index is -3.41. The van der Waals surface area contributed by atoms with Crippen molar-refractivity contribution >= 4 is 23.2 Å². The zero-order chi connectivity index (χ0) is 23.3. The molecule has 0 saturated carbocycles. The van der Waals surface area contributed by atoms with Gasteiger partial charge in [0.25, 0.3) is 5.91 Å². The van der Waals surface area contributed by atoms with Crippen LogP contribution in [0.15, 0.2) is 54.6 Å². The number of ether oxygens (including phenoxy) is 1. The van der Waals surface area contributed by atoms with E-state index in [-0.39, 0.29) is 12.5 Å². The Morgan fingerprint density at radius 3 is 2.72 bits per heavy atom. The van der Waals surface area contributed by atoms with Gasteiger partial charge < -0.3 is 14.7 Å². The fourth-order valence-corrected chi connectivity index (χ4v) is 4.74. The fraction of sp³-hybridized carbons (Fsp3) is 0.417. The van der Waals surface area contributed by atoms with E-state index in [9.17, 15) is 23.5 Å². The summed E-state index contributed by atoms with van der Waals surface area (Å²) in [5.41, 5.74) is 0.941. The third-order valence-electron chi connectivity index (χ3n) is 5.68. The summed E-state index contributed by atoms with van der Waals surface area (Å²) in [5.74, 6) is -5.21. The first-order valence-electron chi connectivity index (χ1n) is 10.5. The lowest BCUT2D eigenvalue weighted by molar-refractivity contribution is -0.148. The zero-order valence-electron chi connectivity index (χ0n) is 18.0. The average Bonchev–Trinajstić information content (AvgIpc) is 3.35. The van der Waals surface area contributed by atoms with Crippen molar-refractivity contribution in [2.24, 2.45) is 0 Å². The molecule has 2 heterocycles. The number of nitrogens with zero attached hydrogens (tertiary/aromatic N) is 1. The Morgan fingerprint density at radius 1 is 1.31 bits per heavy atom. The molecule has 1 aliphatic rings. The van der Waals surface area contributed by atoms with Crippen LogP contribution in [0.5, 0.6) is 0 Å². The van der Waals surface area contributed by atoms with E-state index in [2.05, 4.69) is 4.74 Å². The monoisotopic (exact) mass is 463 g/mol. The van der Waals surface area contributed by atoms with Crippen LogP contribution in [0, 0.1) is 0 Å². The Labute approximate surface area is 190 Å². The Bertz CT molecular complexity index is 960. The molecule has 0 aliphatic carbocycles. The molecule has 1 aromatic heterocycles. The number of methoxy groups -OCH3 is 1. The summed E-state index contributed by atoms with van der Waals surface area (Å²) in [5, 5.41) is 10.5.